The number of methoxy groups -OCH3 is 1. The molecule has 0 fully saturated rings. The molecule has 2 amide bonds. The number of halogens is 1. The highest BCUT2D eigenvalue weighted by molar-refractivity contribution is 6.31. The van der Waals surface area contributed by atoms with E-state index >= 15 is 0 Å². The summed E-state index contributed by atoms with van der Waals surface area (Å²) in [6, 6.07) is 11.6. The number of amides is 2. The first-order chi connectivity index (χ1) is 14.0. The predicted octanol–water partition coefficient (Wildman–Crippen LogP) is 3.44. The molecule has 1 aliphatic rings. The van der Waals surface area contributed by atoms with Gasteiger partial charge in [0, 0.05) is 16.3 Å². The molecule has 0 aliphatic carbocycles. The van der Waals surface area contributed by atoms with Crippen LogP contribution in [0.3, 0.4) is 0 Å². The molecule has 148 valence electrons. The maximum Gasteiger partial charge on any atom is 0.249 e. The van der Waals surface area contributed by atoms with Gasteiger partial charge in [-0.05, 0) is 48.9 Å². The Labute approximate surface area is 171 Å². The lowest BCUT2D eigenvalue weighted by molar-refractivity contribution is -0.125. The Kier molecular flexibility index (Phi) is 4.94. The number of hydrogen-bond acceptors (Lipinski definition) is 5. The van der Waals surface area contributed by atoms with E-state index in [0.717, 1.165) is 11.1 Å². The van der Waals surface area contributed by atoms with Gasteiger partial charge < -0.3 is 10.1 Å². The Balaban J connectivity index is 1.64. The number of anilines is 2. The van der Waals surface area contributed by atoms with Crippen LogP contribution in [0.2, 0.25) is 5.02 Å². The van der Waals surface area contributed by atoms with Crippen LogP contribution >= 0.6 is 11.6 Å². The SMILES string of the molecule is COc1ccc(-c2nc3n(n2)[C@H](C(=O)Nc2cccc(Cl)c2C)CC(=O)N3)cc1. The number of carbonyl (C=O) groups is 2. The number of rotatable bonds is 4. The molecular weight excluding hydrogens is 394 g/mol. The zero-order valence-electron chi connectivity index (χ0n) is 15.8. The monoisotopic (exact) mass is 411 g/mol. The van der Waals surface area contributed by atoms with Gasteiger partial charge in [0.25, 0.3) is 0 Å². The van der Waals surface area contributed by atoms with Gasteiger partial charge in [0.15, 0.2) is 5.82 Å². The summed E-state index contributed by atoms with van der Waals surface area (Å²) in [5.74, 6) is 0.684. The van der Waals surface area contributed by atoms with Crippen LogP contribution in [0.5, 0.6) is 5.75 Å². The van der Waals surface area contributed by atoms with Gasteiger partial charge in [-0.3, -0.25) is 14.9 Å². The third-order valence-electron chi connectivity index (χ3n) is 4.73. The third-order valence-corrected chi connectivity index (χ3v) is 5.14. The molecule has 1 aliphatic heterocycles. The highest BCUT2D eigenvalue weighted by Gasteiger charge is 2.33. The van der Waals surface area contributed by atoms with Crippen LogP contribution in [0.4, 0.5) is 11.6 Å². The molecule has 2 heterocycles. The molecule has 4 rings (SSSR count). The summed E-state index contributed by atoms with van der Waals surface area (Å²) in [7, 11) is 1.59. The van der Waals surface area contributed by atoms with Gasteiger partial charge in [0.2, 0.25) is 17.8 Å². The van der Waals surface area contributed by atoms with Gasteiger partial charge in [-0.1, -0.05) is 17.7 Å². The Morgan fingerprint density at radius 3 is 2.76 bits per heavy atom. The van der Waals surface area contributed by atoms with Gasteiger partial charge in [0.05, 0.1) is 13.5 Å². The van der Waals surface area contributed by atoms with E-state index in [2.05, 4.69) is 20.7 Å². The van der Waals surface area contributed by atoms with Crippen molar-refractivity contribution < 1.29 is 14.3 Å². The minimum atomic E-state index is -0.823. The first kappa shape index (κ1) is 18.9. The van der Waals surface area contributed by atoms with Crippen molar-refractivity contribution in [2.24, 2.45) is 0 Å². The number of nitrogens with one attached hydrogen (secondary N) is 2. The largest absolute Gasteiger partial charge is 0.497 e. The van der Waals surface area contributed by atoms with Crippen molar-refractivity contribution in [3.63, 3.8) is 0 Å². The normalized spacial score (nSPS) is 15.4. The number of carbonyl (C=O) groups excluding carboxylic acids is 2. The molecule has 0 unspecified atom stereocenters. The number of fused-ring (bicyclic) bond motifs is 1. The number of aromatic nitrogens is 3. The van der Waals surface area contributed by atoms with Crippen molar-refractivity contribution >= 4 is 35.1 Å². The van der Waals surface area contributed by atoms with Gasteiger partial charge in [-0.2, -0.15) is 4.98 Å². The second kappa shape index (κ2) is 7.56. The molecule has 0 spiro atoms. The second-order valence-electron chi connectivity index (χ2n) is 6.60. The first-order valence-corrected chi connectivity index (χ1v) is 9.31. The topological polar surface area (TPSA) is 98.1 Å². The van der Waals surface area contributed by atoms with Crippen molar-refractivity contribution in [2.45, 2.75) is 19.4 Å². The molecule has 0 saturated carbocycles. The van der Waals surface area contributed by atoms with E-state index < -0.39 is 6.04 Å². The van der Waals surface area contributed by atoms with E-state index in [-0.39, 0.29) is 24.2 Å². The lowest BCUT2D eigenvalue weighted by Crippen LogP contribution is -2.36. The fourth-order valence-electron chi connectivity index (χ4n) is 3.09. The zero-order valence-corrected chi connectivity index (χ0v) is 16.5. The highest BCUT2D eigenvalue weighted by Crippen LogP contribution is 2.29. The van der Waals surface area contributed by atoms with Gasteiger partial charge in [0.1, 0.15) is 11.8 Å². The molecular formula is C20H18ClN5O3. The lowest BCUT2D eigenvalue weighted by atomic mass is 10.1. The van der Waals surface area contributed by atoms with E-state index in [4.69, 9.17) is 16.3 Å². The number of benzene rings is 2. The quantitative estimate of drug-likeness (QED) is 0.685. The fraction of sp³-hybridized carbons (Fsp3) is 0.200. The lowest BCUT2D eigenvalue weighted by Gasteiger charge is -2.23. The molecule has 3 aromatic rings. The summed E-state index contributed by atoms with van der Waals surface area (Å²) in [5.41, 5.74) is 2.08. The average Bonchev–Trinajstić information content (AvgIpc) is 3.14. The molecule has 9 heteroatoms. The standard InChI is InChI=1S/C20H18ClN5O3/c1-11-14(21)4-3-5-15(11)22-19(28)16-10-17(27)23-20-24-18(25-26(16)20)12-6-8-13(29-2)9-7-12/h3-9,16H,10H2,1-2H3,(H,22,28)(H,23,24,25,27)/t16-/m0/s1. The van der Waals surface area contributed by atoms with Crippen LogP contribution in [-0.2, 0) is 9.59 Å². The van der Waals surface area contributed by atoms with Crippen LogP contribution in [0, 0.1) is 6.92 Å². The van der Waals surface area contributed by atoms with E-state index in [9.17, 15) is 9.59 Å². The smallest absolute Gasteiger partial charge is 0.249 e. The Bertz CT molecular complexity index is 1090. The number of nitrogens with zero attached hydrogens (tertiary/aromatic N) is 3. The van der Waals surface area contributed by atoms with E-state index in [1.165, 1.54) is 4.68 Å². The Hall–Kier alpha value is -3.39. The number of hydrogen-bond donors (Lipinski definition) is 2. The molecule has 0 bridgehead atoms. The summed E-state index contributed by atoms with van der Waals surface area (Å²) >= 11 is 6.13. The molecule has 0 saturated heterocycles. The van der Waals surface area contributed by atoms with Crippen LogP contribution < -0.4 is 15.4 Å². The molecule has 1 atom stereocenters. The van der Waals surface area contributed by atoms with Crippen LogP contribution in [0.25, 0.3) is 11.4 Å². The van der Waals surface area contributed by atoms with E-state index in [0.29, 0.717) is 22.3 Å². The van der Waals surface area contributed by atoms with E-state index in [1.54, 1.807) is 37.4 Å². The summed E-state index contributed by atoms with van der Waals surface area (Å²) in [6.45, 7) is 1.81. The van der Waals surface area contributed by atoms with Gasteiger partial charge in [-0.25, -0.2) is 4.68 Å². The number of ether oxygens (including phenoxy) is 1. The minimum absolute atomic E-state index is 0.0378. The second-order valence-corrected chi connectivity index (χ2v) is 7.01. The van der Waals surface area contributed by atoms with E-state index in [1.807, 2.05) is 19.1 Å². The van der Waals surface area contributed by atoms with Gasteiger partial charge in [-0.15, -0.1) is 5.10 Å². The zero-order chi connectivity index (χ0) is 20.5. The van der Waals surface area contributed by atoms with Crippen LogP contribution in [0.1, 0.15) is 18.0 Å². The van der Waals surface area contributed by atoms with Crippen molar-refractivity contribution in [1.82, 2.24) is 14.8 Å². The van der Waals surface area contributed by atoms with Crippen LogP contribution in [-0.4, -0.2) is 33.7 Å². The summed E-state index contributed by atoms with van der Waals surface area (Å²) < 4.78 is 6.60. The Morgan fingerprint density at radius 1 is 1.28 bits per heavy atom. The third kappa shape index (κ3) is 3.66. The Morgan fingerprint density at radius 2 is 2.03 bits per heavy atom. The first-order valence-electron chi connectivity index (χ1n) is 8.93. The van der Waals surface area contributed by atoms with Gasteiger partial charge >= 0.3 is 0 Å². The highest BCUT2D eigenvalue weighted by atomic mass is 35.5. The van der Waals surface area contributed by atoms with Crippen LogP contribution in [0.15, 0.2) is 42.5 Å². The van der Waals surface area contributed by atoms with Crippen molar-refractivity contribution in [1.29, 1.82) is 0 Å². The average molecular weight is 412 g/mol. The molecule has 2 N–H and O–H groups in total. The fourth-order valence-corrected chi connectivity index (χ4v) is 3.26. The molecule has 2 aromatic carbocycles. The molecule has 1 aromatic heterocycles. The molecule has 29 heavy (non-hydrogen) atoms. The van der Waals surface area contributed by atoms with Crippen molar-refractivity contribution in [3.8, 4) is 17.1 Å². The summed E-state index contributed by atoms with van der Waals surface area (Å²) in [4.78, 5) is 29.4. The molecule has 8 nitrogen and oxygen atoms in total. The molecule has 0 radical (unpaired) electrons. The van der Waals surface area contributed by atoms with Crippen molar-refractivity contribution in [2.75, 3.05) is 17.7 Å². The summed E-state index contributed by atoms with van der Waals surface area (Å²) in [6.07, 6.45) is -0.0378. The maximum atomic E-state index is 12.9. The summed E-state index contributed by atoms with van der Waals surface area (Å²) in [5, 5.41) is 10.5. The predicted molar refractivity (Wildman–Crippen MR) is 109 cm³/mol. The minimum Gasteiger partial charge on any atom is -0.497 e. The maximum absolute atomic E-state index is 12.9. The van der Waals surface area contributed by atoms with Crippen molar-refractivity contribution in [3.05, 3.63) is 53.1 Å².